The number of morpholine rings is 1. The van der Waals surface area contributed by atoms with Crippen molar-refractivity contribution in [2.24, 2.45) is 11.8 Å². The first-order valence-corrected chi connectivity index (χ1v) is 13.5. The number of alkyl halides is 3. The maximum atomic E-state index is 13.6. The number of carbonyl (C=O) groups is 3. The SMILES string of the molecule is CCNC(=O)Nc1ccc(OCCN2CC3(C)O[C@](C)(C2)[C@H]2C(=O)N(c4ccc(C#N)c(C(F)(F)F)c4)C(=O)C23)cc1. The number of likely N-dealkylation sites (tertiary alicyclic amines) is 1. The number of imide groups is 1. The summed E-state index contributed by atoms with van der Waals surface area (Å²) < 4.78 is 53.0. The van der Waals surface area contributed by atoms with Gasteiger partial charge in [0.15, 0.2) is 0 Å². The van der Waals surface area contributed by atoms with Gasteiger partial charge in [-0.15, -0.1) is 0 Å². The maximum absolute atomic E-state index is 13.6. The van der Waals surface area contributed by atoms with Crippen LogP contribution < -0.4 is 20.3 Å². The third kappa shape index (κ3) is 5.16. The van der Waals surface area contributed by atoms with E-state index in [0.717, 1.165) is 11.0 Å². The van der Waals surface area contributed by atoms with Crippen LogP contribution in [0.5, 0.6) is 5.75 Å². The van der Waals surface area contributed by atoms with E-state index in [9.17, 15) is 27.6 Å². The number of anilines is 2. The molecule has 3 heterocycles. The Balaban J connectivity index is 1.27. The maximum Gasteiger partial charge on any atom is 0.417 e. The lowest BCUT2D eigenvalue weighted by atomic mass is 9.79. The Morgan fingerprint density at radius 3 is 2.26 bits per heavy atom. The Labute approximate surface area is 240 Å². The summed E-state index contributed by atoms with van der Waals surface area (Å²) in [6.45, 7) is 7.24. The Morgan fingerprint density at radius 1 is 1.10 bits per heavy atom. The van der Waals surface area contributed by atoms with Gasteiger partial charge in [0.2, 0.25) is 11.8 Å². The molecule has 4 atom stereocenters. The van der Waals surface area contributed by atoms with E-state index < -0.39 is 52.2 Å². The first-order valence-electron chi connectivity index (χ1n) is 13.5. The predicted octanol–water partition coefficient (Wildman–Crippen LogP) is 3.77. The average molecular weight is 586 g/mol. The molecule has 4 amide bonds. The van der Waals surface area contributed by atoms with E-state index in [4.69, 9.17) is 14.7 Å². The van der Waals surface area contributed by atoms with E-state index in [-0.39, 0.29) is 11.7 Å². The molecule has 13 heteroatoms. The molecule has 0 radical (unpaired) electrons. The van der Waals surface area contributed by atoms with Crippen molar-refractivity contribution in [3.63, 3.8) is 0 Å². The quantitative estimate of drug-likeness (QED) is 0.474. The molecule has 42 heavy (non-hydrogen) atoms. The minimum atomic E-state index is -4.83. The molecule has 2 aromatic rings. The van der Waals surface area contributed by atoms with Crippen molar-refractivity contribution in [3.05, 3.63) is 53.6 Å². The Hall–Kier alpha value is -4.15. The molecule has 2 aromatic carbocycles. The van der Waals surface area contributed by atoms with Gasteiger partial charge in [0.1, 0.15) is 12.4 Å². The van der Waals surface area contributed by atoms with Gasteiger partial charge in [0.25, 0.3) is 0 Å². The van der Waals surface area contributed by atoms with Gasteiger partial charge in [0.05, 0.1) is 45.9 Å². The lowest BCUT2D eigenvalue weighted by Crippen LogP contribution is -2.58. The first kappa shape index (κ1) is 29.3. The van der Waals surface area contributed by atoms with Gasteiger partial charge in [0, 0.05) is 31.9 Å². The third-order valence-corrected chi connectivity index (χ3v) is 7.98. The Morgan fingerprint density at radius 2 is 1.71 bits per heavy atom. The van der Waals surface area contributed by atoms with E-state index in [2.05, 4.69) is 15.5 Å². The second-order valence-electron chi connectivity index (χ2n) is 11.1. The number of nitrogens with one attached hydrogen (secondary N) is 2. The molecule has 222 valence electrons. The van der Waals surface area contributed by atoms with Gasteiger partial charge in [-0.2, -0.15) is 18.4 Å². The number of rotatable bonds is 7. The van der Waals surface area contributed by atoms with E-state index >= 15 is 0 Å². The van der Waals surface area contributed by atoms with Crippen molar-refractivity contribution in [3.8, 4) is 11.8 Å². The number of hydrogen-bond acceptors (Lipinski definition) is 7. The number of halogens is 3. The first-order chi connectivity index (χ1) is 19.8. The molecule has 0 aromatic heterocycles. The van der Waals surface area contributed by atoms with Crippen LogP contribution >= 0.6 is 0 Å². The van der Waals surface area contributed by atoms with Crippen molar-refractivity contribution in [1.82, 2.24) is 10.2 Å². The lowest BCUT2D eigenvalue weighted by Gasteiger charge is -2.45. The Kier molecular flexibility index (Phi) is 7.40. The highest BCUT2D eigenvalue weighted by atomic mass is 19.4. The number of nitrogens with zero attached hydrogens (tertiary/aromatic N) is 3. The van der Waals surface area contributed by atoms with Crippen LogP contribution in [0.2, 0.25) is 0 Å². The average Bonchev–Trinajstić information content (AvgIpc) is 3.29. The number of ether oxygens (including phenoxy) is 2. The summed E-state index contributed by atoms with van der Waals surface area (Å²) in [5, 5.41) is 14.5. The number of amides is 4. The van der Waals surface area contributed by atoms with Gasteiger partial charge >= 0.3 is 12.2 Å². The molecular formula is C29H30F3N5O5. The van der Waals surface area contributed by atoms with Crippen LogP contribution in [-0.2, 0) is 20.5 Å². The molecule has 10 nitrogen and oxygen atoms in total. The highest BCUT2D eigenvalue weighted by molar-refractivity contribution is 6.23. The fourth-order valence-electron chi connectivity index (χ4n) is 6.44. The van der Waals surface area contributed by atoms with E-state index in [1.807, 2.05) is 6.92 Å². The predicted molar refractivity (Wildman–Crippen MR) is 145 cm³/mol. The van der Waals surface area contributed by atoms with Crippen molar-refractivity contribution in [2.75, 3.05) is 43.0 Å². The van der Waals surface area contributed by atoms with Crippen molar-refractivity contribution in [2.45, 2.75) is 38.1 Å². The van der Waals surface area contributed by atoms with E-state index in [1.54, 1.807) is 38.1 Å². The monoisotopic (exact) mass is 585 g/mol. The third-order valence-electron chi connectivity index (χ3n) is 7.98. The van der Waals surface area contributed by atoms with Gasteiger partial charge in [-0.3, -0.25) is 14.5 Å². The van der Waals surface area contributed by atoms with Crippen LogP contribution in [0.3, 0.4) is 0 Å². The molecule has 2 bridgehead atoms. The highest BCUT2D eigenvalue weighted by Gasteiger charge is 2.71. The van der Waals surface area contributed by atoms with Crippen LogP contribution in [0.4, 0.5) is 29.3 Å². The normalized spacial score (nSPS) is 27.0. The second kappa shape index (κ2) is 10.6. The topological polar surface area (TPSA) is 124 Å². The molecule has 2 N–H and O–H groups in total. The van der Waals surface area contributed by atoms with Crippen LogP contribution in [0.1, 0.15) is 31.9 Å². The summed E-state index contributed by atoms with van der Waals surface area (Å²) in [7, 11) is 0. The standard InChI is InChI=1S/C29H30F3N5O5/c1-4-34-26(40)35-18-6-9-20(10-7-18)41-12-11-36-15-27(2)22-23(28(3,16-36)42-27)25(39)37(24(22)38)19-8-5-17(14-33)21(13-19)29(30,31)32/h5-10,13,22-23H,4,11-12,15-16H2,1-3H3,(H2,34,35,40)/t22-,23?,27-,28?/m1/s1. The van der Waals surface area contributed by atoms with Gasteiger partial charge in [-0.25, -0.2) is 9.69 Å². The molecule has 3 aliphatic heterocycles. The molecular weight excluding hydrogens is 555 g/mol. The van der Waals surface area contributed by atoms with Crippen molar-refractivity contribution >= 4 is 29.2 Å². The number of urea groups is 1. The van der Waals surface area contributed by atoms with Crippen LogP contribution in [0, 0.1) is 23.2 Å². The minimum Gasteiger partial charge on any atom is -0.492 e. The Bertz CT molecular complexity index is 1420. The van der Waals surface area contributed by atoms with E-state index in [0.29, 0.717) is 50.3 Å². The fraction of sp³-hybridized carbons (Fsp3) is 0.448. The van der Waals surface area contributed by atoms with E-state index in [1.165, 1.54) is 12.1 Å². The summed E-state index contributed by atoms with van der Waals surface area (Å²) >= 11 is 0. The molecule has 3 fully saturated rings. The summed E-state index contributed by atoms with van der Waals surface area (Å²) in [5.41, 5.74) is -3.49. The zero-order valence-electron chi connectivity index (χ0n) is 23.2. The summed E-state index contributed by atoms with van der Waals surface area (Å²) in [6.07, 6.45) is -4.83. The molecule has 3 saturated heterocycles. The minimum absolute atomic E-state index is 0.214. The van der Waals surface area contributed by atoms with Crippen LogP contribution in [-0.4, -0.2) is 66.7 Å². The number of benzene rings is 2. The zero-order valence-corrected chi connectivity index (χ0v) is 23.2. The van der Waals surface area contributed by atoms with Crippen LogP contribution in [0.15, 0.2) is 42.5 Å². The molecule has 2 unspecified atom stereocenters. The second-order valence-corrected chi connectivity index (χ2v) is 11.1. The summed E-state index contributed by atoms with van der Waals surface area (Å²) in [4.78, 5) is 41.8. The summed E-state index contributed by atoms with van der Waals surface area (Å²) in [6, 6.07) is 11.0. The fourth-order valence-corrected chi connectivity index (χ4v) is 6.44. The highest BCUT2D eigenvalue weighted by Crippen LogP contribution is 2.55. The largest absolute Gasteiger partial charge is 0.492 e. The lowest BCUT2D eigenvalue weighted by molar-refractivity contribution is -0.169. The zero-order chi connectivity index (χ0) is 30.4. The van der Waals surface area contributed by atoms with Gasteiger partial charge < -0.3 is 20.1 Å². The molecule has 3 aliphatic rings. The number of fused-ring (bicyclic) bond motifs is 5. The van der Waals surface area contributed by atoms with Crippen molar-refractivity contribution < 1.29 is 37.0 Å². The van der Waals surface area contributed by atoms with Crippen molar-refractivity contribution in [1.29, 1.82) is 5.26 Å². The van der Waals surface area contributed by atoms with Gasteiger partial charge in [-0.05, 0) is 63.2 Å². The molecule has 5 rings (SSSR count). The van der Waals surface area contributed by atoms with Crippen LogP contribution in [0.25, 0.3) is 0 Å². The summed E-state index contributed by atoms with van der Waals surface area (Å²) in [5.74, 6) is -2.39. The number of nitriles is 1. The molecule has 0 spiro atoms. The molecule has 0 saturated carbocycles. The number of carbonyl (C=O) groups excluding carboxylic acids is 3. The number of hydrogen-bond donors (Lipinski definition) is 2. The van der Waals surface area contributed by atoms with Gasteiger partial charge in [-0.1, -0.05) is 0 Å². The smallest absolute Gasteiger partial charge is 0.417 e. The molecule has 0 aliphatic carbocycles.